The second kappa shape index (κ2) is 11.2. The Hall–Kier alpha value is -4.08. The van der Waals surface area contributed by atoms with Crippen LogP contribution in [-0.4, -0.2) is 35.5 Å². The lowest BCUT2D eigenvalue weighted by Crippen LogP contribution is -2.34. The average Bonchev–Trinajstić information content (AvgIpc) is 3.11. The second-order valence-electron chi connectivity index (χ2n) is 9.92. The highest BCUT2D eigenvalue weighted by Crippen LogP contribution is 2.42. The smallest absolute Gasteiger partial charge is 0.227 e. The zero-order valence-corrected chi connectivity index (χ0v) is 22.3. The van der Waals surface area contributed by atoms with Gasteiger partial charge in [0.05, 0.1) is 11.4 Å². The van der Waals surface area contributed by atoms with Crippen LogP contribution in [0.15, 0.2) is 66.9 Å². The van der Waals surface area contributed by atoms with E-state index in [2.05, 4.69) is 20.9 Å². The zero-order chi connectivity index (χ0) is 27.6. The van der Waals surface area contributed by atoms with Gasteiger partial charge < -0.3 is 20.9 Å². The van der Waals surface area contributed by atoms with Gasteiger partial charge in [-0.3, -0.25) is 4.79 Å². The van der Waals surface area contributed by atoms with Crippen LogP contribution in [0.2, 0.25) is 5.02 Å². The number of halogens is 3. The first-order chi connectivity index (χ1) is 19.5. The molecule has 1 saturated heterocycles. The summed E-state index contributed by atoms with van der Waals surface area (Å²) in [6, 6.07) is 16.4. The van der Waals surface area contributed by atoms with E-state index in [0.717, 1.165) is 42.9 Å². The molecule has 0 saturated carbocycles. The molecule has 0 aliphatic carbocycles. The molecular formula is C30H27ClF2N6O. The van der Waals surface area contributed by atoms with E-state index in [9.17, 15) is 13.6 Å². The van der Waals surface area contributed by atoms with Gasteiger partial charge in [-0.25, -0.2) is 18.7 Å². The van der Waals surface area contributed by atoms with Crippen LogP contribution >= 0.6 is 11.6 Å². The number of fused-ring (bicyclic) bond motifs is 3. The summed E-state index contributed by atoms with van der Waals surface area (Å²) in [4.78, 5) is 23.4. The Morgan fingerprint density at radius 3 is 2.48 bits per heavy atom. The third-order valence-electron chi connectivity index (χ3n) is 7.30. The molecule has 4 aromatic rings. The number of anilines is 5. The summed E-state index contributed by atoms with van der Waals surface area (Å²) in [5.41, 5.74) is 4.12. The van der Waals surface area contributed by atoms with E-state index in [-0.39, 0.29) is 17.5 Å². The fourth-order valence-corrected chi connectivity index (χ4v) is 5.40. The number of hydrogen-bond acceptors (Lipinski definition) is 6. The summed E-state index contributed by atoms with van der Waals surface area (Å²) in [7, 11) is 0. The van der Waals surface area contributed by atoms with E-state index in [1.807, 2.05) is 30.3 Å². The van der Waals surface area contributed by atoms with Crippen LogP contribution in [0, 0.1) is 17.6 Å². The minimum atomic E-state index is -0.652. The maximum absolute atomic E-state index is 14.8. The average molecular weight is 561 g/mol. The third kappa shape index (κ3) is 5.35. The lowest BCUT2D eigenvalue weighted by molar-refractivity contribution is -0.120. The predicted octanol–water partition coefficient (Wildman–Crippen LogP) is 6.45. The SMILES string of the molecule is O=C(Nc1ccc(Nc2ncc3c(n2)-c2ccc(Cl)cc2N(c2c(F)cccc2F)CC3)cc1)C1CCNCC1. The van der Waals surface area contributed by atoms with Crippen molar-refractivity contribution in [2.24, 2.45) is 5.92 Å². The molecule has 7 nitrogen and oxygen atoms in total. The van der Waals surface area contributed by atoms with Gasteiger partial charge in [-0.1, -0.05) is 17.7 Å². The number of nitrogens with one attached hydrogen (secondary N) is 3. The highest BCUT2D eigenvalue weighted by Gasteiger charge is 2.27. The maximum Gasteiger partial charge on any atom is 0.227 e. The number of carbonyl (C=O) groups is 1. The molecule has 0 bridgehead atoms. The van der Waals surface area contributed by atoms with E-state index in [1.54, 1.807) is 23.2 Å². The lowest BCUT2D eigenvalue weighted by atomic mass is 9.97. The molecule has 1 aromatic heterocycles. The van der Waals surface area contributed by atoms with Gasteiger partial charge in [-0.05, 0) is 92.5 Å². The molecule has 204 valence electrons. The van der Waals surface area contributed by atoms with Crippen molar-refractivity contribution in [3.63, 3.8) is 0 Å². The van der Waals surface area contributed by atoms with Crippen molar-refractivity contribution in [2.75, 3.05) is 35.2 Å². The lowest BCUT2D eigenvalue weighted by Gasteiger charge is -2.26. The molecule has 0 radical (unpaired) electrons. The number of carbonyl (C=O) groups excluding carboxylic acids is 1. The van der Waals surface area contributed by atoms with Crippen molar-refractivity contribution in [1.82, 2.24) is 15.3 Å². The molecule has 40 heavy (non-hydrogen) atoms. The van der Waals surface area contributed by atoms with Crippen LogP contribution in [0.3, 0.4) is 0 Å². The topological polar surface area (TPSA) is 82.2 Å². The van der Waals surface area contributed by atoms with Crippen molar-refractivity contribution in [1.29, 1.82) is 0 Å². The molecule has 3 heterocycles. The number of hydrogen-bond donors (Lipinski definition) is 3. The standard InChI is InChI=1S/C30H27ClF2N6O/c31-20-4-9-23-26(16-20)39(28-24(32)2-1-3-25(28)33)15-12-19-17-35-30(38-27(19)23)37-22-7-5-21(6-8-22)36-29(40)18-10-13-34-14-11-18/h1-9,16-18,34H,10-15H2,(H,36,40)(H,35,37,38). The summed E-state index contributed by atoms with van der Waals surface area (Å²) < 4.78 is 29.6. The van der Waals surface area contributed by atoms with Crippen LogP contribution in [0.4, 0.5) is 37.5 Å². The Labute approximate surface area is 235 Å². The largest absolute Gasteiger partial charge is 0.336 e. The Balaban J connectivity index is 1.26. The summed E-state index contributed by atoms with van der Waals surface area (Å²) >= 11 is 6.33. The Morgan fingerprint density at radius 1 is 1.00 bits per heavy atom. The normalized spacial score (nSPS) is 15.1. The van der Waals surface area contributed by atoms with Gasteiger partial charge in [-0.15, -0.1) is 0 Å². The minimum Gasteiger partial charge on any atom is -0.336 e. The number of amides is 1. The first kappa shape index (κ1) is 26.2. The number of benzene rings is 3. The summed E-state index contributed by atoms with van der Waals surface area (Å²) in [5.74, 6) is -0.868. The fourth-order valence-electron chi connectivity index (χ4n) is 5.24. The number of piperidine rings is 1. The van der Waals surface area contributed by atoms with Crippen LogP contribution in [0.5, 0.6) is 0 Å². The third-order valence-corrected chi connectivity index (χ3v) is 7.54. The van der Waals surface area contributed by atoms with Crippen LogP contribution in [0.25, 0.3) is 11.3 Å². The highest BCUT2D eigenvalue weighted by molar-refractivity contribution is 6.31. The molecule has 0 unspecified atom stereocenters. The maximum atomic E-state index is 14.8. The van der Waals surface area contributed by atoms with E-state index < -0.39 is 11.6 Å². The van der Waals surface area contributed by atoms with Gasteiger partial charge in [0.2, 0.25) is 11.9 Å². The Morgan fingerprint density at radius 2 is 1.73 bits per heavy atom. The van der Waals surface area contributed by atoms with Gasteiger partial charge in [0.15, 0.2) is 0 Å². The van der Waals surface area contributed by atoms with Gasteiger partial charge >= 0.3 is 0 Å². The summed E-state index contributed by atoms with van der Waals surface area (Å²) in [5, 5.41) is 9.93. The van der Waals surface area contributed by atoms with Gasteiger partial charge in [-0.2, -0.15) is 0 Å². The molecule has 2 aliphatic heterocycles. The van der Waals surface area contributed by atoms with Crippen molar-refractivity contribution in [2.45, 2.75) is 19.3 Å². The monoisotopic (exact) mass is 560 g/mol. The molecule has 3 aromatic carbocycles. The van der Waals surface area contributed by atoms with Crippen molar-refractivity contribution < 1.29 is 13.6 Å². The number of rotatable bonds is 5. The second-order valence-corrected chi connectivity index (χ2v) is 10.4. The van der Waals surface area contributed by atoms with E-state index >= 15 is 0 Å². The molecule has 6 rings (SSSR count). The molecule has 0 spiro atoms. The van der Waals surface area contributed by atoms with Gasteiger partial charge in [0.1, 0.15) is 17.3 Å². The number of aromatic nitrogens is 2. The van der Waals surface area contributed by atoms with Crippen LogP contribution in [0.1, 0.15) is 18.4 Å². The minimum absolute atomic E-state index is 0.0237. The van der Waals surface area contributed by atoms with Crippen LogP contribution in [-0.2, 0) is 11.2 Å². The summed E-state index contributed by atoms with van der Waals surface area (Å²) in [6.45, 7) is 2.04. The quantitative estimate of drug-likeness (QED) is 0.260. The fraction of sp³-hybridized carbons (Fsp3) is 0.233. The first-order valence-corrected chi connectivity index (χ1v) is 13.6. The first-order valence-electron chi connectivity index (χ1n) is 13.2. The van der Waals surface area contributed by atoms with E-state index in [4.69, 9.17) is 16.6 Å². The highest BCUT2D eigenvalue weighted by atomic mass is 35.5. The molecule has 1 fully saturated rings. The predicted molar refractivity (Wildman–Crippen MR) is 153 cm³/mol. The molecule has 3 N–H and O–H groups in total. The molecule has 0 atom stereocenters. The molecular weight excluding hydrogens is 534 g/mol. The zero-order valence-electron chi connectivity index (χ0n) is 21.6. The number of nitrogens with zero attached hydrogens (tertiary/aromatic N) is 3. The summed E-state index contributed by atoms with van der Waals surface area (Å²) in [6.07, 6.45) is 3.88. The van der Waals surface area contributed by atoms with Crippen molar-refractivity contribution in [3.05, 3.63) is 89.1 Å². The van der Waals surface area contributed by atoms with Crippen molar-refractivity contribution in [3.8, 4) is 11.3 Å². The number of para-hydroxylation sites is 1. The molecule has 2 aliphatic rings. The van der Waals surface area contributed by atoms with Gasteiger partial charge in [0.25, 0.3) is 0 Å². The van der Waals surface area contributed by atoms with Crippen LogP contribution < -0.4 is 20.9 Å². The van der Waals surface area contributed by atoms with E-state index in [1.165, 1.54) is 18.2 Å². The van der Waals surface area contributed by atoms with Crippen molar-refractivity contribution >= 4 is 46.2 Å². The Kier molecular flexibility index (Phi) is 7.32. The van der Waals surface area contributed by atoms with E-state index in [0.29, 0.717) is 40.9 Å². The Bertz CT molecular complexity index is 1540. The molecule has 10 heteroatoms. The molecule has 1 amide bonds. The van der Waals surface area contributed by atoms with Gasteiger partial charge in [0, 0.05) is 40.6 Å².